The molecule has 0 spiro atoms. The van der Waals surface area contributed by atoms with Crippen LogP contribution in [0.3, 0.4) is 0 Å². The number of alkyl halides is 1. The van der Waals surface area contributed by atoms with Crippen molar-refractivity contribution in [3.8, 4) is 5.75 Å². The van der Waals surface area contributed by atoms with Crippen LogP contribution < -0.4 is 0 Å². The first kappa shape index (κ1) is 15.3. The summed E-state index contributed by atoms with van der Waals surface area (Å²) in [6.07, 6.45) is 3.90. The fourth-order valence-corrected chi connectivity index (χ4v) is 2.28. The zero-order valence-electron chi connectivity index (χ0n) is 11.8. The number of halogens is 1. The molecule has 108 valence electrons. The average molecular weight is 301 g/mol. The maximum Gasteiger partial charge on any atom is 0.185 e. The number of hydrogen-bond donors (Lipinski definition) is 1. The Bertz CT molecular complexity index is 675. The van der Waals surface area contributed by atoms with Crippen molar-refractivity contribution in [1.82, 2.24) is 0 Å². The number of aromatic hydroxyl groups is 1. The molecule has 2 nitrogen and oxygen atoms in total. The number of carbonyl (C=O) groups is 1. The molecule has 0 fully saturated rings. The van der Waals surface area contributed by atoms with Gasteiger partial charge in [0.2, 0.25) is 0 Å². The van der Waals surface area contributed by atoms with Crippen molar-refractivity contribution in [3.05, 3.63) is 70.8 Å². The zero-order valence-corrected chi connectivity index (χ0v) is 12.6. The van der Waals surface area contributed by atoms with Crippen LogP contribution in [0.25, 0.3) is 6.08 Å². The first-order valence-electron chi connectivity index (χ1n) is 6.77. The summed E-state index contributed by atoms with van der Waals surface area (Å²) in [7, 11) is 0. The Morgan fingerprint density at radius 2 is 2.00 bits per heavy atom. The Hall–Kier alpha value is -2.06. The highest BCUT2D eigenvalue weighted by Crippen LogP contribution is 2.20. The summed E-state index contributed by atoms with van der Waals surface area (Å²) >= 11 is 5.69. The van der Waals surface area contributed by atoms with Crippen molar-refractivity contribution in [3.63, 3.8) is 0 Å². The SMILES string of the molecule is Cc1ccccc1C=CC(=O)c1ccc(O)c(CCCl)c1. The molecule has 0 heterocycles. The lowest BCUT2D eigenvalue weighted by Crippen LogP contribution is -1.97. The van der Waals surface area contributed by atoms with E-state index in [9.17, 15) is 9.90 Å². The molecule has 0 saturated carbocycles. The number of phenolic OH excluding ortho intramolecular Hbond substituents is 1. The van der Waals surface area contributed by atoms with Gasteiger partial charge in [-0.3, -0.25) is 4.79 Å². The van der Waals surface area contributed by atoms with E-state index in [0.29, 0.717) is 23.4 Å². The van der Waals surface area contributed by atoms with Crippen LogP contribution in [0.2, 0.25) is 0 Å². The number of carbonyl (C=O) groups excluding carboxylic acids is 1. The maximum absolute atomic E-state index is 12.2. The number of rotatable bonds is 5. The number of phenols is 1. The second-order valence-corrected chi connectivity index (χ2v) is 5.21. The lowest BCUT2D eigenvalue weighted by molar-refractivity contribution is 0.104. The van der Waals surface area contributed by atoms with Crippen LogP contribution in [0.1, 0.15) is 27.0 Å². The second kappa shape index (κ2) is 7.09. The van der Waals surface area contributed by atoms with Crippen LogP contribution in [0.5, 0.6) is 5.75 Å². The minimum absolute atomic E-state index is 0.0888. The molecule has 2 rings (SSSR count). The standard InChI is InChI=1S/C18H17ClO2/c1-13-4-2-3-5-14(13)6-8-17(20)15-7-9-18(21)16(12-15)10-11-19/h2-9,12,21H,10-11H2,1H3. The molecule has 0 bridgehead atoms. The van der Waals surface area contributed by atoms with Crippen LogP contribution in [0.15, 0.2) is 48.5 Å². The van der Waals surface area contributed by atoms with E-state index in [4.69, 9.17) is 11.6 Å². The van der Waals surface area contributed by atoms with Crippen LogP contribution in [-0.2, 0) is 6.42 Å². The van der Waals surface area contributed by atoms with Gasteiger partial charge in [0.05, 0.1) is 0 Å². The van der Waals surface area contributed by atoms with Gasteiger partial charge in [0.15, 0.2) is 5.78 Å². The molecule has 1 N–H and O–H groups in total. The van der Waals surface area contributed by atoms with E-state index in [1.54, 1.807) is 18.2 Å². The summed E-state index contributed by atoms with van der Waals surface area (Å²) in [5.74, 6) is 0.494. The van der Waals surface area contributed by atoms with Gasteiger partial charge in [-0.05, 0) is 54.3 Å². The van der Waals surface area contributed by atoms with Crippen molar-refractivity contribution < 1.29 is 9.90 Å². The average Bonchev–Trinajstić information content (AvgIpc) is 2.48. The third kappa shape index (κ3) is 3.96. The minimum atomic E-state index is -0.0888. The van der Waals surface area contributed by atoms with Crippen LogP contribution in [0.4, 0.5) is 0 Å². The van der Waals surface area contributed by atoms with Crippen molar-refractivity contribution in [2.75, 3.05) is 5.88 Å². The van der Waals surface area contributed by atoms with E-state index in [1.165, 1.54) is 6.07 Å². The topological polar surface area (TPSA) is 37.3 Å². The Morgan fingerprint density at radius 1 is 1.24 bits per heavy atom. The van der Waals surface area contributed by atoms with Gasteiger partial charge in [0, 0.05) is 11.4 Å². The van der Waals surface area contributed by atoms with Gasteiger partial charge < -0.3 is 5.11 Å². The van der Waals surface area contributed by atoms with Gasteiger partial charge in [-0.15, -0.1) is 11.6 Å². The van der Waals surface area contributed by atoms with Gasteiger partial charge in [-0.1, -0.05) is 30.3 Å². The molecule has 0 unspecified atom stereocenters. The number of hydrogen-bond acceptors (Lipinski definition) is 2. The summed E-state index contributed by atoms with van der Waals surface area (Å²) < 4.78 is 0. The molecule has 0 radical (unpaired) electrons. The monoisotopic (exact) mass is 300 g/mol. The molecule has 0 amide bonds. The fraction of sp³-hybridized carbons (Fsp3) is 0.167. The van der Waals surface area contributed by atoms with Gasteiger partial charge in [-0.25, -0.2) is 0 Å². The van der Waals surface area contributed by atoms with E-state index in [-0.39, 0.29) is 11.5 Å². The van der Waals surface area contributed by atoms with Gasteiger partial charge in [-0.2, -0.15) is 0 Å². The van der Waals surface area contributed by atoms with E-state index in [1.807, 2.05) is 37.3 Å². The molecular weight excluding hydrogens is 284 g/mol. The summed E-state index contributed by atoms with van der Waals surface area (Å²) in [5.41, 5.74) is 3.39. The molecule has 0 aromatic heterocycles. The van der Waals surface area contributed by atoms with Crippen molar-refractivity contribution >= 4 is 23.5 Å². The molecule has 2 aromatic rings. The Morgan fingerprint density at radius 3 is 2.71 bits per heavy atom. The normalized spacial score (nSPS) is 11.0. The minimum Gasteiger partial charge on any atom is -0.508 e. The number of aryl methyl sites for hydroxylation is 2. The molecule has 0 aliphatic heterocycles. The quantitative estimate of drug-likeness (QED) is 0.505. The highest BCUT2D eigenvalue weighted by atomic mass is 35.5. The molecule has 2 aromatic carbocycles. The summed E-state index contributed by atoms with van der Waals surface area (Å²) in [6.45, 7) is 2.00. The number of allylic oxidation sites excluding steroid dienone is 1. The first-order valence-corrected chi connectivity index (χ1v) is 7.31. The zero-order chi connectivity index (χ0) is 15.2. The van der Waals surface area contributed by atoms with Crippen molar-refractivity contribution in [2.24, 2.45) is 0 Å². The largest absolute Gasteiger partial charge is 0.508 e. The summed E-state index contributed by atoms with van der Waals surface area (Å²) in [5, 5.41) is 9.70. The molecule has 0 saturated heterocycles. The van der Waals surface area contributed by atoms with Gasteiger partial charge in [0.25, 0.3) is 0 Å². The number of benzene rings is 2. The molecule has 0 aliphatic carbocycles. The second-order valence-electron chi connectivity index (χ2n) is 4.84. The molecule has 0 aliphatic rings. The van der Waals surface area contributed by atoms with Crippen LogP contribution in [0, 0.1) is 6.92 Å². The highest BCUT2D eigenvalue weighted by Gasteiger charge is 2.07. The van der Waals surface area contributed by atoms with Crippen LogP contribution >= 0.6 is 11.6 Å². The van der Waals surface area contributed by atoms with Crippen LogP contribution in [-0.4, -0.2) is 16.8 Å². The predicted molar refractivity (Wildman–Crippen MR) is 87.1 cm³/mol. The maximum atomic E-state index is 12.2. The lowest BCUT2D eigenvalue weighted by Gasteiger charge is -2.04. The molecule has 0 atom stereocenters. The smallest absolute Gasteiger partial charge is 0.185 e. The first-order chi connectivity index (χ1) is 10.1. The third-order valence-electron chi connectivity index (χ3n) is 3.33. The summed E-state index contributed by atoms with van der Waals surface area (Å²) in [6, 6.07) is 12.7. The van der Waals surface area contributed by atoms with E-state index < -0.39 is 0 Å². The Labute approximate surface area is 129 Å². The van der Waals surface area contributed by atoms with Crippen molar-refractivity contribution in [1.29, 1.82) is 0 Å². The van der Waals surface area contributed by atoms with Gasteiger partial charge >= 0.3 is 0 Å². The van der Waals surface area contributed by atoms with Crippen molar-refractivity contribution in [2.45, 2.75) is 13.3 Å². The van der Waals surface area contributed by atoms with E-state index in [0.717, 1.165) is 11.1 Å². The third-order valence-corrected chi connectivity index (χ3v) is 3.52. The molecule has 3 heteroatoms. The van der Waals surface area contributed by atoms with E-state index in [2.05, 4.69) is 0 Å². The molecule has 21 heavy (non-hydrogen) atoms. The molecular formula is C18H17ClO2. The van der Waals surface area contributed by atoms with E-state index >= 15 is 0 Å². The fourth-order valence-electron chi connectivity index (χ4n) is 2.08. The Balaban J connectivity index is 2.21. The lowest BCUT2D eigenvalue weighted by atomic mass is 10.0. The number of ketones is 1. The summed E-state index contributed by atoms with van der Waals surface area (Å²) in [4.78, 5) is 12.2. The highest BCUT2D eigenvalue weighted by molar-refractivity contribution is 6.18. The van der Waals surface area contributed by atoms with Gasteiger partial charge in [0.1, 0.15) is 5.75 Å². The Kier molecular flexibility index (Phi) is 5.18. The predicted octanol–water partition coefficient (Wildman–Crippen LogP) is 4.38.